The van der Waals surface area contributed by atoms with Crippen molar-refractivity contribution in [1.82, 2.24) is 9.62 Å². The molecule has 5 nitrogen and oxygen atoms in total. The Morgan fingerprint density at radius 1 is 0.938 bits per heavy atom. The molecule has 0 saturated carbocycles. The van der Waals surface area contributed by atoms with Crippen molar-refractivity contribution in [3.8, 4) is 0 Å². The average molecular weight is 512 g/mol. The van der Waals surface area contributed by atoms with Gasteiger partial charge >= 0.3 is 0 Å². The predicted octanol–water partition coefficient (Wildman–Crippen LogP) is 5.46. The van der Waals surface area contributed by atoms with Gasteiger partial charge in [0.25, 0.3) is 0 Å². The van der Waals surface area contributed by atoms with Crippen LogP contribution in [0.25, 0.3) is 0 Å². The molecular weight excluding hydrogens is 491 g/mol. The summed E-state index contributed by atoms with van der Waals surface area (Å²) >= 11 is 18.4. The summed E-state index contributed by atoms with van der Waals surface area (Å²) in [5, 5.41) is 3.80. The standard InChI is InChI=1S/C23H21Cl3N2O3S/c1-16-4-2-5-17(12-16)13-27-23(29)15-28(14-20-21(25)6-3-7-22(20)26)32(30,31)19-10-8-18(24)9-11-19/h2-12H,13-15H2,1H3,(H,27,29). The van der Waals surface area contributed by atoms with E-state index in [9.17, 15) is 13.2 Å². The number of sulfonamides is 1. The molecule has 1 N–H and O–H groups in total. The number of carbonyl (C=O) groups is 1. The molecule has 0 aliphatic heterocycles. The Bertz CT molecular complexity index is 1200. The van der Waals surface area contributed by atoms with Gasteiger partial charge in [-0.2, -0.15) is 4.31 Å². The fraction of sp³-hybridized carbons (Fsp3) is 0.174. The zero-order valence-corrected chi connectivity index (χ0v) is 20.3. The summed E-state index contributed by atoms with van der Waals surface area (Å²) in [6, 6.07) is 18.3. The quantitative estimate of drug-likeness (QED) is 0.436. The summed E-state index contributed by atoms with van der Waals surface area (Å²) in [5.41, 5.74) is 2.40. The second-order valence-corrected chi connectivity index (χ2v) is 10.4. The third-order valence-corrected chi connectivity index (χ3v) is 7.51. The van der Waals surface area contributed by atoms with Gasteiger partial charge in [0.05, 0.1) is 11.4 Å². The van der Waals surface area contributed by atoms with Crippen molar-refractivity contribution < 1.29 is 13.2 Å². The molecule has 0 bridgehead atoms. The zero-order chi connectivity index (χ0) is 23.3. The first-order valence-electron chi connectivity index (χ1n) is 9.67. The lowest BCUT2D eigenvalue weighted by atomic mass is 10.1. The van der Waals surface area contributed by atoms with Gasteiger partial charge in [-0.1, -0.05) is 70.7 Å². The molecule has 0 spiro atoms. The van der Waals surface area contributed by atoms with E-state index < -0.39 is 22.5 Å². The van der Waals surface area contributed by atoms with Crippen LogP contribution in [0.4, 0.5) is 0 Å². The molecule has 9 heteroatoms. The SMILES string of the molecule is Cc1cccc(CNC(=O)CN(Cc2c(Cl)cccc2Cl)S(=O)(=O)c2ccc(Cl)cc2)c1. The van der Waals surface area contributed by atoms with Crippen molar-refractivity contribution in [3.63, 3.8) is 0 Å². The fourth-order valence-electron chi connectivity index (χ4n) is 3.08. The van der Waals surface area contributed by atoms with E-state index in [2.05, 4.69) is 5.32 Å². The van der Waals surface area contributed by atoms with Crippen LogP contribution in [0.2, 0.25) is 15.1 Å². The van der Waals surface area contributed by atoms with E-state index in [-0.39, 0.29) is 18.0 Å². The minimum absolute atomic E-state index is 0.0107. The monoisotopic (exact) mass is 510 g/mol. The molecule has 0 unspecified atom stereocenters. The number of rotatable bonds is 8. The largest absolute Gasteiger partial charge is 0.351 e. The third kappa shape index (κ3) is 6.24. The summed E-state index contributed by atoms with van der Waals surface area (Å²) in [6.07, 6.45) is 0. The van der Waals surface area contributed by atoms with Crippen molar-refractivity contribution in [2.75, 3.05) is 6.54 Å². The van der Waals surface area contributed by atoms with E-state index >= 15 is 0 Å². The predicted molar refractivity (Wildman–Crippen MR) is 129 cm³/mol. The topological polar surface area (TPSA) is 66.5 Å². The molecule has 0 saturated heterocycles. The van der Waals surface area contributed by atoms with Gasteiger partial charge in [0.1, 0.15) is 0 Å². The smallest absolute Gasteiger partial charge is 0.243 e. The Hall–Kier alpha value is -2.09. The first-order chi connectivity index (χ1) is 15.2. The lowest BCUT2D eigenvalue weighted by Gasteiger charge is -2.23. The molecule has 3 rings (SSSR count). The maximum atomic E-state index is 13.3. The molecule has 0 aliphatic carbocycles. The van der Waals surface area contributed by atoms with Crippen LogP contribution in [0.1, 0.15) is 16.7 Å². The van der Waals surface area contributed by atoms with Crippen molar-refractivity contribution >= 4 is 50.7 Å². The van der Waals surface area contributed by atoms with Gasteiger partial charge in [-0.3, -0.25) is 4.79 Å². The molecule has 32 heavy (non-hydrogen) atoms. The summed E-state index contributed by atoms with van der Waals surface area (Å²) in [4.78, 5) is 12.7. The van der Waals surface area contributed by atoms with E-state index in [1.807, 2.05) is 31.2 Å². The lowest BCUT2D eigenvalue weighted by molar-refractivity contribution is -0.121. The van der Waals surface area contributed by atoms with Gasteiger partial charge in [-0.25, -0.2) is 8.42 Å². The summed E-state index contributed by atoms with van der Waals surface area (Å²) in [6.45, 7) is 1.67. The minimum atomic E-state index is -4.04. The fourth-order valence-corrected chi connectivity index (χ4v) is 5.09. The molecule has 0 heterocycles. The first kappa shape index (κ1) is 24.6. The number of nitrogens with zero attached hydrogens (tertiary/aromatic N) is 1. The second kappa shape index (κ2) is 10.7. The molecule has 3 aromatic carbocycles. The number of aryl methyl sites for hydroxylation is 1. The van der Waals surface area contributed by atoms with Crippen LogP contribution in [0, 0.1) is 6.92 Å². The highest BCUT2D eigenvalue weighted by Crippen LogP contribution is 2.28. The van der Waals surface area contributed by atoms with Crippen LogP contribution in [-0.4, -0.2) is 25.2 Å². The Balaban J connectivity index is 1.86. The average Bonchev–Trinajstić information content (AvgIpc) is 2.74. The van der Waals surface area contributed by atoms with Gasteiger partial charge in [0.2, 0.25) is 15.9 Å². The summed E-state index contributed by atoms with van der Waals surface area (Å²) in [5.74, 6) is -0.452. The van der Waals surface area contributed by atoms with E-state index in [1.54, 1.807) is 18.2 Å². The molecule has 0 aromatic heterocycles. The van der Waals surface area contributed by atoms with Crippen LogP contribution in [-0.2, 0) is 27.9 Å². The van der Waals surface area contributed by atoms with Crippen molar-refractivity contribution in [2.24, 2.45) is 0 Å². The van der Waals surface area contributed by atoms with Crippen molar-refractivity contribution in [3.05, 3.63) is 98.5 Å². The van der Waals surface area contributed by atoms with Gasteiger partial charge in [-0.05, 0) is 48.9 Å². The highest BCUT2D eigenvalue weighted by atomic mass is 35.5. The van der Waals surface area contributed by atoms with Crippen molar-refractivity contribution in [1.29, 1.82) is 0 Å². The number of nitrogens with one attached hydrogen (secondary N) is 1. The van der Waals surface area contributed by atoms with Crippen LogP contribution in [0.5, 0.6) is 0 Å². The number of halogens is 3. The summed E-state index contributed by atoms with van der Waals surface area (Å²) < 4.78 is 27.7. The Morgan fingerprint density at radius 3 is 2.19 bits per heavy atom. The number of hydrogen-bond acceptors (Lipinski definition) is 3. The highest BCUT2D eigenvalue weighted by molar-refractivity contribution is 7.89. The Morgan fingerprint density at radius 2 is 1.56 bits per heavy atom. The maximum Gasteiger partial charge on any atom is 0.243 e. The van der Waals surface area contributed by atoms with E-state index in [4.69, 9.17) is 34.8 Å². The maximum absolute atomic E-state index is 13.3. The molecule has 1 amide bonds. The highest BCUT2D eigenvalue weighted by Gasteiger charge is 2.28. The van der Waals surface area contributed by atoms with E-state index in [1.165, 1.54) is 24.3 Å². The summed E-state index contributed by atoms with van der Waals surface area (Å²) in [7, 11) is -4.04. The number of benzene rings is 3. The lowest BCUT2D eigenvalue weighted by Crippen LogP contribution is -2.40. The normalized spacial score (nSPS) is 11.5. The minimum Gasteiger partial charge on any atom is -0.351 e. The number of hydrogen-bond donors (Lipinski definition) is 1. The van der Waals surface area contributed by atoms with Crippen molar-refractivity contribution in [2.45, 2.75) is 24.9 Å². The Kier molecular flexibility index (Phi) is 8.20. The van der Waals surface area contributed by atoms with Crippen LogP contribution >= 0.6 is 34.8 Å². The third-order valence-electron chi connectivity index (χ3n) is 4.74. The molecule has 3 aromatic rings. The van der Waals surface area contributed by atoms with Crippen LogP contribution < -0.4 is 5.32 Å². The van der Waals surface area contributed by atoms with Gasteiger partial charge in [0.15, 0.2) is 0 Å². The van der Waals surface area contributed by atoms with Gasteiger partial charge in [0, 0.05) is 33.7 Å². The first-order valence-corrected chi connectivity index (χ1v) is 12.2. The van der Waals surface area contributed by atoms with E-state index in [0.29, 0.717) is 20.6 Å². The number of amides is 1. The zero-order valence-electron chi connectivity index (χ0n) is 17.2. The molecule has 168 valence electrons. The molecule has 0 fully saturated rings. The van der Waals surface area contributed by atoms with Crippen LogP contribution in [0.3, 0.4) is 0 Å². The molecule has 0 aliphatic rings. The Labute approximate surface area is 203 Å². The molecule has 0 radical (unpaired) electrons. The van der Waals surface area contributed by atoms with Gasteiger partial charge < -0.3 is 5.32 Å². The second-order valence-electron chi connectivity index (χ2n) is 7.19. The van der Waals surface area contributed by atoms with Gasteiger partial charge in [-0.15, -0.1) is 0 Å². The van der Waals surface area contributed by atoms with E-state index in [0.717, 1.165) is 15.4 Å². The molecular formula is C23H21Cl3N2O3S. The molecule has 0 atom stereocenters. The number of carbonyl (C=O) groups excluding carboxylic acids is 1. The van der Waals surface area contributed by atoms with Crippen LogP contribution in [0.15, 0.2) is 71.6 Å².